The molecule has 0 atom stereocenters. The van der Waals surface area contributed by atoms with Crippen molar-refractivity contribution in [1.29, 1.82) is 0 Å². The van der Waals surface area contributed by atoms with Gasteiger partial charge in [-0.05, 0) is 49.4 Å². The van der Waals surface area contributed by atoms with Crippen molar-refractivity contribution in [2.75, 3.05) is 46.5 Å². The van der Waals surface area contributed by atoms with E-state index in [-0.39, 0.29) is 36.6 Å². The third kappa shape index (κ3) is 5.95. The van der Waals surface area contributed by atoms with Crippen LogP contribution in [0.3, 0.4) is 0 Å². The van der Waals surface area contributed by atoms with E-state index >= 15 is 0 Å². The minimum Gasteiger partial charge on any atom is -0.493 e. The molecule has 0 aromatic heterocycles. The van der Waals surface area contributed by atoms with Gasteiger partial charge in [0.15, 0.2) is 18.1 Å². The third-order valence-electron chi connectivity index (χ3n) is 5.07. The number of hydrogen-bond acceptors (Lipinski definition) is 7. The first kappa shape index (κ1) is 24.8. The van der Waals surface area contributed by atoms with E-state index in [4.69, 9.17) is 25.8 Å². The molecule has 1 fully saturated rings. The quantitative estimate of drug-likeness (QED) is 0.517. The van der Waals surface area contributed by atoms with Crippen LogP contribution in [0.15, 0.2) is 47.4 Å². The fourth-order valence-corrected chi connectivity index (χ4v) is 4.86. The maximum atomic E-state index is 12.8. The normalized spacial score (nSPS) is 14.6. The van der Waals surface area contributed by atoms with Gasteiger partial charge >= 0.3 is 5.97 Å². The number of esters is 1. The van der Waals surface area contributed by atoms with Crippen LogP contribution in [0.1, 0.15) is 17.3 Å². The maximum Gasteiger partial charge on any atom is 0.338 e. The highest BCUT2D eigenvalue weighted by Gasteiger charge is 2.30. The number of rotatable bonds is 8. The van der Waals surface area contributed by atoms with Crippen LogP contribution >= 0.6 is 11.6 Å². The summed E-state index contributed by atoms with van der Waals surface area (Å²) in [4.78, 5) is 26.5. The highest BCUT2D eigenvalue weighted by atomic mass is 35.5. The van der Waals surface area contributed by atoms with Gasteiger partial charge in [0.25, 0.3) is 5.91 Å². The summed E-state index contributed by atoms with van der Waals surface area (Å²) >= 11 is 5.83. The number of halogens is 1. The van der Waals surface area contributed by atoms with Crippen molar-refractivity contribution in [3.05, 3.63) is 53.1 Å². The first-order valence-electron chi connectivity index (χ1n) is 10.3. The molecule has 1 aliphatic rings. The average Bonchev–Trinajstić information content (AvgIpc) is 2.82. The summed E-state index contributed by atoms with van der Waals surface area (Å²) in [5, 5.41) is 0.447. The van der Waals surface area contributed by atoms with Gasteiger partial charge in [-0.1, -0.05) is 11.6 Å². The molecule has 1 saturated heterocycles. The molecule has 11 heteroatoms. The second kappa shape index (κ2) is 10.9. The van der Waals surface area contributed by atoms with E-state index < -0.39 is 28.5 Å². The lowest BCUT2D eigenvalue weighted by Crippen LogP contribution is -2.51. The van der Waals surface area contributed by atoms with Gasteiger partial charge in [0.1, 0.15) is 0 Å². The number of benzene rings is 2. The highest BCUT2D eigenvalue weighted by molar-refractivity contribution is 7.89. The maximum absolute atomic E-state index is 12.8. The van der Waals surface area contributed by atoms with E-state index in [1.165, 1.54) is 52.7 Å². The number of hydrogen-bond donors (Lipinski definition) is 0. The van der Waals surface area contributed by atoms with Crippen LogP contribution in [0.4, 0.5) is 0 Å². The van der Waals surface area contributed by atoms with Gasteiger partial charge in [-0.3, -0.25) is 4.79 Å². The Labute approximate surface area is 197 Å². The van der Waals surface area contributed by atoms with Crippen molar-refractivity contribution >= 4 is 33.5 Å². The van der Waals surface area contributed by atoms with Crippen LogP contribution in [0.25, 0.3) is 0 Å². The molecule has 33 heavy (non-hydrogen) atoms. The van der Waals surface area contributed by atoms with Crippen LogP contribution in [0, 0.1) is 0 Å². The molecular weight excluding hydrogens is 472 g/mol. The van der Waals surface area contributed by atoms with E-state index in [2.05, 4.69) is 0 Å². The molecule has 178 valence electrons. The summed E-state index contributed by atoms with van der Waals surface area (Å²) in [6.45, 7) is 2.43. The number of carbonyl (C=O) groups excluding carboxylic acids is 2. The Morgan fingerprint density at radius 1 is 1.00 bits per heavy atom. The lowest BCUT2D eigenvalue weighted by atomic mass is 10.2. The van der Waals surface area contributed by atoms with Crippen molar-refractivity contribution < 1.29 is 32.2 Å². The Hall–Kier alpha value is -2.82. The van der Waals surface area contributed by atoms with E-state index in [1.807, 2.05) is 6.92 Å². The van der Waals surface area contributed by atoms with Crippen molar-refractivity contribution in [2.24, 2.45) is 0 Å². The van der Waals surface area contributed by atoms with Gasteiger partial charge in [0.05, 0.1) is 24.2 Å². The summed E-state index contributed by atoms with van der Waals surface area (Å²) in [6, 6.07) is 10.5. The summed E-state index contributed by atoms with van der Waals surface area (Å²) in [5.41, 5.74) is 0.228. The Morgan fingerprint density at radius 2 is 1.67 bits per heavy atom. The smallest absolute Gasteiger partial charge is 0.338 e. The van der Waals surface area contributed by atoms with Crippen LogP contribution < -0.4 is 9.47 Å². The van der Waals surface area contributed by atoms with E-state index in [0.717, 1.165) is 0 Å². The number of amides is 1. The molecule has 0 saturated carbocycles. The molecule has 2 aromatic carbocycles. The SMILES string of the molecule is CCOc1cc(C(=O)OCC(=O)N2CCN(S(=O)(=O)c3ccc(Cl)cc3)CC2)ccc1OC. The summed E-state index contributed by atoms with van der Waals surface area (Å²) in [5.74, 6) is -0.184. The molecule has 0 unspecified atom stereocenters. The molecule has 0 radical (unpaired) electrons. The second-order valence-electron chi connectivity index (χ2n) is 7.11. The fourth-order valence-electron chi connectivity index (χ4n) is 3.31. The zero-order chi connectivity index (χ0) is 24.0. The molecule has 0 aliphatic carbocycles. The molecule has 9 nitrogen and oxygen atoms in total. The summed E-state index contributed by atoms with van der Waals surface area (Å²) in [7, 11) is -2.18. The molecule has 1 aliphatic heterocycles. The lowest BCUT2D eigenvalue weighted by Gasteiger charge is -2.33. The summed E-state index contributed by atoms with van der Waals surface area (Å²) in [6.07, 6.45) is 0. The topological polar surface area (TPSA) is 102 Å². The standard InChI is InChI=1S/C22H25ClN2O7S/c1-3-31-20-14-16(4-9-19(20)30-2)22(27)32-15-21(26)24-10-12-25(13-11-24)33(28,29)18-7-5-17(23)6-8-18/h4-9,14H,3,10-13,15H2,1-2H3. The number of piperazine rings is 1. The number of ether oxygens (including phenoxy) is 3. The van der Waals surface area contributed by atoms with E-state index in [0.29, 0.717) is 23.1 Å². The van der Waals surface area contributed by atoms with Crippen LogP contribution in [0.2, 0.25) is 5.02 Å². The molecule has 0 spiro atoms. The second-order valence-corrected chi connectivity index (χ2v) is 9.49. The van der Waals surface area contributed by atoms with Crippen LogP contribution in [-0.4, -0.2) is 76.0 Å². The zero-order valence-corrected chi connectivity index (χ0v) is 19.9. The van der Waals surface area contributed by atoms with Gasteiger partial charge in [-0.15, -0.1) is 0 Å². The largest absolute Gasteiger partial charge is 0.493 e. The van der Waals surface area contributed by atoms with Crippen LogP contribution in [-0.2, 0) is 19.6 Å². The predicted molar refractivity (Wildman–Crippen MR) is 121 cm³/mol. The number of nitrogens with zero attached hydrogens (tertiary/aromatic N) is 2. The first-order chi connectivity index (χ1) is 15.8. The third-order valence-corrected chi connectivity index (χ3v) is 7.23. The monoisotopic (exact) mass is 496 g/mol. The molecule has 2 aromatic rings. The van der Waals surface area contributed by atoms with Crippen molar-refractivity contribution in [3.8, 4) is 11.5 Å². The van der Waals surface area contributed by atoms with Crippen molar-refractivity contribution in [3.63, 3.8) is 0 Å². The number of carbonyl (C=O) groups is 2. The van der Waals surface area contributed by atoms with Gasteiger partial charge in [0.2, 0.25) is 10.0 Å². The molecule has 1 amide bonds. The molecular formula is C22H25ClN2O7S. The van der Waals surface area contributed by atoms with Gasteiger partial charge < -0.3 is 19.1 Å². The first-order valence-corrected chi connectivity index (χ1v) is 12.1. The lowest BCUT2D eigenvalue weighted by molar-refractivity contribution is -0.135. The van der Waals surface area contributed by atoms with E-state index in [9.17, 15) is 18.0 Å². The minimum atomic E-state index is -3.68. The molecule has 0 bridgehead atoms. The zero-order valence-electron chi connectivity index (χ0n) is 18.3. The van der Waals surface area contributed by atoms with Gasteiger partial charge in [0, 0.05) is 31.2 Å². The minimum absolute atomic E-state index is 0.140. The Balaban J connectivity index is 1.54. The molecule has 0 N–H and O–H groups in total. The molecule has 1 heterocycles. The van der Waals surface area contributed by atoms with Gasteiger partial charge in [-0.25, -0.2) is 13.2 Å². The Kier molecular flexibility index (Phi) is 8.17. The Morgan fingerprint density at radius 3 is 2.27 bits per heavy atom. The average molecular weight is 497 g/mol. The van der Waals surface area contributed by atoms with Crippen molar-refractivity contribution in [2.45, 2.75) is 11.8 Å². The molecule has 3 rings (SSSR count). The van der Waals surface area contributed by atoms with Gasteiger partial charge in [-0.2, -0.15) is 4.31 Å². The predicted octanol–water partition coefficient (Wildman–Crippen LogP) is 2.44. The fraction of sp³-hybridized carbons (Fsp3) is 0.364. The summed E-state index contributed by atoms with van der Waals surface area (Å²) < 4.78 is 42.6. The highest BCUT2D eigenvalue weighted by Crippen LogP contribution is 2.28. The van der Waals surface area contributed by atoms with E-state index in [1.54, 1.807) is 6.07 Å². The Bertz CT molecular complexity index is 1100. The van der Waals surface area contributed by atoms with Crippen molar-refractivity contribution in [1.82, 2.24) is 9.21 Å². The van der Waals surface area contributed by atoms with Crippen LogP contribution in [0.5, 0.6) is 11.5 Å². The number of methoxy groups -OCH3 is 1. The number of sulfonamides is 1.